The van der Waals surface area contributed by atoms with Gasteiger partial charge in [0.25, 0.3) is 5.91 Å². The number of carbonyl (C=O) groups is 2. The molecule has 0 bridgehead atoms. The molecule has 4 nitrogen and oxygen atoms in total. The minimum atomic E-state index is 0.0538. The Kier molecular flexibility index (Phi) is 6.28. The van der Waals surface area contributed by atoms with Gasteiger partial charge in [0.2, 0.25) is 5.91 Å². The third kappa shape index (κ3) is 4.76. The first-order chi connectivity index (χ1) is 13.1. The van der Waals surface area contributed by atoms with Gasteiger partial charge in [0, 0.05) is 37.8 Å². The summed E-state index contributed by atoms with van der Waals surface area (Å²) in [5.74, 6) is 0.108. The van der Waals surface area contributed by atoms with Crippen LogP contribution >= 0.6 is 0 Å². The Morgan fingerprint density at radius 3 is 2.22 bits per heavy atom. The van der Waals surface area contributed by atoms with Crippen molar-refractivity contribution in [2.75, 3.05) is 18.0 Å². The number of rotatable bonds is 1. The number of amides is 2. The van der Waals surface area contributed by atoms with Crippen molar-refractivity contribution in [3.63, 3.8) is 0 Å². The van der Waals surface area contributed by atoms with Crippen LogP contribution in [0.4, 0.5) is 5.69 Å². The second-order valence-corrected chi connectivity index (χ2v) is 7.31. The minimum absolute atomic E-state index is 0.0538. The van der Waals surface area contributed by atoms with Crippen molar-refractivity contribution in [2.45, 2.75) is 46.1 Å². The predicted octanol–water partition coefficient (Wildman–Crippen LogP) is 4.56. The summed E-state index contributed by atoms with van der Waals surface area (Å²) < 4.78 is 0. The molecule has 1 heterocycles. The molecule has 0 unspecified atom stereocenters. The molecule has 142 valence electrons. The largest absolute Gasteiger partial charge is 0.334 e. The Morgan fingerprint density at radius 1 is 0.852 bits per heavy atom. The van der Waals surface area contributed by atoms with E-state index in [1.165, 1.54) is 0 Å². The van der Waals surface area contributed by atoms with Crippen molar-refractivity contribution in [3.05, 3.63) is 65.2 Å². The predicted molar refractivity (Wildman–Crippen MR) is 109 cm³/mol. The van der Waals surface area contributed by atoms with Crippen LogP contribution in [0.3, 0.4) is 0 Å². The zero-order valence-electron chi connectivity index (χ0n) is 16.3. The summed E-state index contributed by atoms with van der Waals surface area (Å²) in [6.45, 7) is 5.63. The molecule has 0 radical (unpaired) electrons. The van der Waals surface area contributed by atoms with Gasteiger partial charge in [0.05, 0.1) is 0 Å². The second-order valence-electron chi connectivity index (χ2n) is 7.31. The molecule has 4 heteroatoms. The van der Waals surface area contributed by atoms with Crippen molar-refractivity contribution in [3.8, 4) is 0 Å². The van der Waals surface area contributed by atoms with Crippen molar-refractivity contribution in [1.29, 1.82) is 0 Å². The van der Waals surface area contributed by atoms with Crippen molar-refractivity contribution in [2.24, 2.45) is 0 Å². The molecule has 0 aromatic heterocycles. The molecule has 0 spiro atoms. The lowest BCUT2D eigenvalue weighted by Gasteiger charge is -2.27. The molecule has 27 heavy (non-hydrogen) atoms. The van der Waals surface area contributed by atoms with E-state index in [0.717, 1.165) is 61.2 Å². The molecule has 0 fully saturated rings. The van der Waals surface area contributed by atoms with E-state index in [1.54, 1.807) is 6.92 Å². The molecule has 2 aromatic carbocycles. The van der Waals surface area contributed by atoms with Gasteiger partial charge in [0.1, 0.15) is 0 Å². The van der Waals surface area contributed by atoms with E-state index >= 15 is 0 Å². The van der Waals surface area contributed by atoms with Crippen LogP contribution < -0.4 is 4.90 Å². The lowest BCUT2D eigenvalue weighted by atomic mass is 10.1. The number of benzene rings is 2. The highest BCUT2D eigenvalue weighted by Gasteiger charge is 2.21. The van der Waals surface area contributed by atoms with Crippen LogP contribution in [0, 0.1) is 6.92 Å². The molecule has 0 saturated carbocycles. The van der Waals surface area contributed by atoms with Gasteiger partial charge < -0.3 is 9.80 Å². The van der Waals surface area contributed by atoms with E-state index in [1.807, 2.05) is 65.3 Å². The fraction of sp³-hybridized carbons (Fsp3) is 0.391. The van der Waals surface area contributed by atoms with Gasteiger partial charge in [0.15, 0.2) is 0 Å². The van der Waals surface area contributed by atoms with E-state index < -0.39 is 0 Å². The topological polar surface area (TPSA) is 40.6 Å². The molecule has 1 aliphatic rings. The number of hydrogen-bond acceptors (Lipinski definition) is 2. The van der Waals surface area contributed by atoms with Crippen LogP contribution in [0.15, 0.2) is 48.5 Å². The van der Waals surface area contributed by atoms with Gasteiger partial charge in [-0.15, -0.1) is 0 Å². The number of hydrogen-bond donors (Lipinski definition) is 0. The SMILES string of the molecule is CC(=O)N1CCCCCCN(C(=O)c2ccc(C)cc2)Cc2ccccc21. The maximum Gasteiger partial charge on any atom is 0.254 e. The Labute approximate surface area is 161 Å². The molecule has 0 aliphatic carbocycles. The molecule has 2 aromatic rings. The maximum atomic E-state index is 13.1. The average molecular weight is 364 g/mol. The molecular weight excluding hydrogens is 336 g/mol. The molecule has 3 rings (SSSR count). The van der Waals surface area contributed by atoms with Crippen molar-refractivity contribution in [1.82, 2.24) is 4.90 Å². The van der Waals surface area contributed by atoms with E-state index in [4.69, 9.17) is 0 Å². The Hall–Kier alpha value is -2.62. The van der Waals surface area contributed by atoms with Crippen molar-refractivity contribution >= 4 is 17.5 Å². The first-order valence-corrected chi connectivity index (χ1v) is 9.78. The van der Waals surface area contributed by atoms with Crippen molar-refractivity contribution < 1.29 is 9.59 Å². The van der Waals surface area contributed by atoms with Crippen LogP contribution in [-0.2, 0) is 11.3 Å². The molecule has 0 saturated heterocycles. The second kappa shape index (κ2) is 8.85. The van der Waals surface area contributed by atoms with E-state index in [2.05, 4.69) is 0 Å². The van der Waals surface area contributed by atoms with E-state index in [9.17, 15) is 9.59 Å². The summed E-state index contributed by atoms with van der Waals surface area (Å²) in [5.41, 5.74) is 3.81. The van der Waals surface area contributed by atoms with Gasteiger partial charge in [-0.3, -0.25) is 9.59 Å². The Morgan fingerprint density at radius 2 is 1.52 bits per heavy atom. The van der Waals surface area contributed by atoms with Crippen LogP contribution in [0.2, 0.25) is 0 Å². The first kappa shape index (κ1) is 19.2. The van der Waals surface area contributed by atoms with E-state index in [0.29, 0.717) is 6.54 Å². The zero-order valence-corrected chi connectivity index (χ0v) is 16.3. The summed E-state index contributed by atoms with van der Waals surface area (Å²) in [5, 5.41) is 0. The van der Waals surface area contributed by atoms with E-state index in [-0.39, 0.29) is 11.8 Å². The molecule has 0 atom stereocenters. The standard InChI is InChI=1S/C23H28N2O2/c1-18-11-13-20(14-12-18)23(27)24-15-7-3-4-8-16-25(19(2)26)22-10-6-5-9-21(22)17-24/h5-6,9-14H,3-4,7-8,15-17H2,1-2H3. The van der Waals surface area contributed by atoms with Crippen LogP contribution in [0.1, 0.15) is 54.1 Å². The number of para-hydroxylation sites is 1. The van der Waals surface area contributed by atoms with Crippen LogP contribution in [0.25, 0.3) is 0 Å². The zero-order chi connectivity index (χ0) is 19.2. The number of nitrogens with zero attached hydrogens (tertiary/aromatic N) is 2. The summed E-state index contributed by atoms with van der Waals surface area (Å²) in [4.78, 5) is 29.1. The summed E-state index contributed by atoms with van der Waals surface area (Å²) in [7, 11) is 0. The fourth-order valence-corrected chi connectivity index (χ4v) is 3.62. The highest BCUT2D eigenvalue weighted by molar-refractivity contribution is 5.95. The van der Waals surface area contributed by atoms with Gasteiger partial charge in [-0.25, -0.2) is 0 Å². The fourth-order valence-electron chi connectivity index (χ4n) is 3.62. The summed E-state index contributed by atoms with van der Waals surface area (Å²) in [6.07, 6.45) is 4.11. The average Bonchev–Trinajstić information content (AvgIpc) is 2.70. The Bertz CT molecular complexity index is 798. The van der Waals surface area contributed by atoms with Gasteiger partial charge in [-0.1, -0.05) is 48.7 Å². The number of anilines is 1. The molecule has 1 aliphatic heterocycles. The van der Waals surface area contributed by atoms with Gasteiger partial charge in [-0.05, 0) is 43.5 Å². The lowest BCUT2D eigenvalue weighted by molar-refractivity contribution is -0.116. The monoisotopic (exact) mass is 364 g/mol. The Balaban J connectivity index is 1.93. The first-order valence-electron chi connectivity index (χ1n) is 9.78. The third-order valence-electron chi connectivity index (χ3n) is 5.17. The normalized spacial score (nSPS) is 15.6. The van der Waals surface area contributed by atoms with Gasteiger partial charge in [-0.2, -0.15) is 0 Å². The molecule has 0 N–H and O–H groups in total. The highest BCUT2D eigenvalue weighted by atomic mass is 16.2. The lowest BCUT2D eigenvalue weighted by Crippen LogP contribution is -2.33. The summed E-state index contributed by atoms with van der Waals surface area (Å²) >= 11 is 0. The number of aryl methyl sites for hydroxylation is 1. The maximum absolute atomic E-state index is 13.1. The molecular formula is C23H28N2O2. The molecule has 2 amide bonds. The quantitative estimate of drug-likeness (QED) is 0.744. The number of fused-ring (bicyclic) bond motifs is 1. The highest BCUT2D eigenvalue weighted by Crippen LogP contribution is 2.25. The van der Waals surface area contributed by atoms with Gasteiger partial charge >= 0.3 is 0 Å². The smallest absolute Gasteiger partial charge is 0.254 e. The minimum Gasteiger partial charge on any atom is -0.334 e. The number of carbonyl (C=O) groups excluding carboxylic acids is 2. The van der Waals surface area contributed by atoms with Crippen LogP contribution in [-0.4, -0.2) is 29.8 Å². The van der Waals surface area contributed by atoms with Crippen LogP contribution in [0.5, 0.6) is 0 Å². The third-order valence-corrected chi connectivity index (χ3v) is 5.17. The summed E-state index contributed by atoms with van der Waals surface area (Å²) in [6, 6.07) is 15.7.